The van der Waals surface area contributed by atoms with E-state index in [1.165, 1.54) is 0 Å². The van der Waals surface area contributed by atoms with Crippen molar-refractivity contribution < 1.29 is 9.90 Å². The topological polar surface area (TPSA) is 53.4 Å². The van der Waals surface area contributed by atoms with Crippen LogP contribution in [0.25, 0.3) is 10.9 Å². The zero-order chi connectivity index (χ0) is 11.8. The number of β-amino-alcohol motifs (C(OH)–C–C–N with tert-alkyl or cyclic N) is 1. The van der Waals surface area contributed by atoms with Gasteiger partial charge in [0.15, 0.2) is 0 Å². The molecule has 2 aromatic rings. The van der Waals surface area contributed by atoms with Gasteiger partial charge in [-0.15, -0.1) is 0 Å². The number of carbonyl (C=O) groups excluding carboxylic acids is 1. The smallest absolute Gasteiger partial charge is 0.254 e. The Kier molecular flexibility index (Phi) is 2.30. The van der Waals surface area contributed by atoms with Crippen molar-refractivity contribution in [3.63, 3.8) is 0 Å². The number of amides is 1. The molecule has 0 saturated carbocycles. The van der Waals surface area contributed by atoms with E-state index in [2.05, 4.69) is 4.98 Å². The zero-order valence-corrected chi connectivity index (χ0v) is 9.21. The van der Waals surface area contributed by atoms with Crippen LogP contribution in [-0.2, 0) is 0 Å². The second-order valence-electron chi connectivity index (χ2n) is 4.27. The quantitative estimate of drug-likeness (QED) is 0.793. The standard InChI is InChI=1S/C13H12N2O2/c16-11-7-15(8-11)13(17)10-3-4-12-9(6-10)2-1-5-14-12/h1-6,11,16H,7-8H2. The molecule has 4 nitrogen and oxygen atoms in total. The molecule has 0 unspecified atom stereocenters. The molecule has 1 saturated heterocycles. The highest BCUT2D eigenvalue weighted by Crippen LogP contribution is 2.17. The third kappa shape index (κ3) is 1.76. The van der Waals surface area contributed by atoms with Crippen molar-refractivity contribution in [2.45, 2.75) is 6.10 Å². The molecule has 1 aromatic heterocycles. The molecule has 1 aliphatic heterocycles. The Morgan fingerprint density at radius 1 is 1.35 bits per heavy atom. The van der Waals surface area contributed by atoms with Crippen LogP contribution in [0.2, 0.25) is 0 Å². The van der Waals surface area contributed by atoms with E-state index in [1.807, 2.05) is 24.3 Å². The highest BCUT2D eigenvalue weighted by Gasteiger charge is 2.29. The lowest BCUT2D eigenvalue weighted by atomic mass is 10.1. The highest BCUT2D eigenvalue weighted by molar-refractivity contribution is 5.98. The number of aliphatic hydroxyl groups excluding tert-OH is 1. The van der Waals surface area contributed by atoms with Gasteiger partial charge in [-0.1, -0.05) is 6.07 Å². The number of benzene rings is 1. The summed E-state index contributed by atoms with van der Waals surface area (Å²) in [5, 5.41) is 10.1. The highest BCUT2D eigenvalue weighted by atomic mass is 16.3. The normalized spacial score (nSPS) is 15.9. The fourth-order valence-corrected chi connectivity index (χ4v) is 2.01. The average molecular weight is 228 g/mol. The van der Waals surface area contributed by atoms with Crippen molar-refractivity contribution in [2.75, 3.05) is 13.1 Å². The maximum Gasteiger partial charge on any atom is 0.254 e. The van der Waals surface area contributed by atoms with Crippen molar-refractivity contribution in [1.29, 1.82) is 0 Å². The van der Waals surface area contributed by atoms with E-state index in [0.717, 1.165) is 10.9 Å². The first-order chi connectivity index (χ1) is 8.24. The van der Waals surface area contributed by atoms with Gasteiger partial charge in [-0.25, -0.2) is 0 Å². The number of carbonyl (C=O) groups is 1. The largest absolute Gasteiger partial charge is 0.389 e. The second-order valence-corrected chi connectivity index (χ2v) is 4.27. The molecule has 0 spiro atoms. The van der Waals surface area contributed by atoms with E-state index in [1.54, 1.807) is 17.2 Å². The van der Waals surface area contributed by atoms with Gasteiger partial charge in [0.2, 0.25) is 0 Å². The number of aromatic nitrogens is 1. The van der Waals surface area contributed by atoms with E-state index >= 15 is 0 Å². The Morgan fingerprint density at radius 2 is 2.18 bits per heavy atom. The third-order valence-electron chi connectivity index (χ3n) is 3.00. The molecule has 1 amide bonds. The summed E-state index contributed by atoms with van der Waals surface area (Å²) in [6, 6.07) is 9.25. The van der Waals surface area contributed by atoms with Crippen LogP contribution in [0.3, 0.4) is 0 Å². The molecule has 0 radical (unpaired) electrons. The Labute approximate surface area is 98.5 Å². The van der Waals surface area contributed by atoms with Gasteiger partial charge in [-0.2, -0.15) is 0 Å². The monoisotopic (exact) mass is 228 g/mol. The molecule has 0 atom stereocenters. The van der Waals surface area contributed by atoms with Gasteiger partial charge in [-0.3, -0.25) is 9.78 Å². The first-order valence-electron chi connectivity index (χ1n) is 5.56. The molecule has 0 aliphatic carbocycles. The lowest BCUT2D eigenvalue weighted by Gasteiger charge is -2.35. The van der Waals surface area contributed by atoms with Crippen LogP contribution in [0, 0.1) is 0 Å². The van der Waals surface area contributed by atoms with Crippen LogP contribution in [0.5, 0.6) is 0 Å². The van der Waals surface area contributed by atoms with Crippen molar-refractivity contribution in [1.82, 2.24) is 9.88 Å². The predicted octanol–water partition coefficient (Wildman–Crippen LogP) is 1.05. The minimum atomic E-state index is -0.360. The summed E-state index contributed by atoms with van der Waals surface area (Å²) in [6.07, 6.45) is 1.37. The van der Waals surface area contributed by atoms with E-state index in [4.69, 9.17) is 0 Å². The van der Waals surface area contributed by atoms with E-state index in [9.17, 15) is 9.90 Å². The summed E-state index contributed by atoms with van der Waals surface area (Å²) < 4.78 is 0. The summed E-state index contributed by atoms with van der Waals surface area (Å²) in [5.74, 6) is -0.0268. The van der Waals surface area contributed by atoms with Gasteiger partial charge in [0.05, 0.1) is 11.6 Å². The molecule has 1 aliphatic rings. The number of pyridine rings is 1. The lowest BCUT2D eigenvalue weighted by molar-refractivity contribution is 0.00591. The van der Waals surface area contributed by atoms with Gasteiger partial charge in [-0.05, 0) is 24.3 Å². The maximum absolute atomic E-state index is 12.0. The molecule has 1 aromatic carbocycles. The maximum atomic E-state index is 12.0. The van der Waals surface area contributed by atoms with Crippen molar-refractivity contribution in [3.05, 3.63) is 42.1 Å². The van der Waals surface area contributed by atoms with Crippen LogP contribution >= 0.6 is 0 Å². The van der Waals surface area contributed by atoms with E-state index in [0.29, 0.717) is 18.7 Å². The van der Waals surface area contributed by atoms with Crippen molar-refractivity contribution >= 4 is 16.8 Å². The van der Waals surface area contributed by atoms with Gasteiger partial charge in [0.25, 0.3) is 5.91 Å². The minimum Gasteiger partial charge on any atom is -0.389 e. The Morgan fingerprint density at radius 3 is 2.94 bits per heavy atom. The first-order valence-corrected chi connectivity index (χ1v) is 5.56. The number of nitrogens with zero attached hydrogens (tertiary/aromatic N) is 2. The molecular formula is C13H12N2O2. The SMILES string of the molecule is O=C(c1ccc2ncccc2c1)N1CC(O)C1. The number of hydrogen-bond acceptors (Lipinski definition) is 3. The average Bonchev–Trinajstić information content (AvgIpc) is 2.33. The molecule has 3 rings (SSSR count). The van der Waals surface area contributed by atoms with Crippen LogP contribution in [0.15, 0.2) is 36.5 Å². The molecule has 4 heteroatoms. The van der Waals surface area contributed by atoms with Crippen molar-refractivity contribution in [3.8, 4) is 0 Å². The molecular weight excluding hydrogens is 216 g/mol. The molecule has 1 N–H and O–H groups in total. The molecule has 2 heterocycles. The van der Waals surface area contributed by atoms with Crippen LogP contribution < -0.4 is 0 Å². The van der Waals surface area contributed by atoms with Crippen LogP contribution in [-0.4, -0.2) is 40.1 Å². The molecule has 1 fully saturated rings. The summed E-state index contributed by atoms with van der Waals surface area (Å²) in [7, 11) is 0. The second kappa shape index (κ2) is 3.82. The number of aliphatic hydroxyl groups is 1. The van der Waals surface area contributed by atoms with Gasteiger partial charge in [0.1, 0.15) is 0 Å². The van der Waals surface area contributed by atoms with Gasteiger partial charge >= 0.3 is 0 Å². The van der Waals surface area contributed by atoms with Crippen molar-refractivity contribution in [2.24, 2.45) is 0 Å². The van der Waals surface area contributed by atoms with E-state index in [-0.39, 0.29) is 12.0 Å². The summed E-state index contributed by atoms with van der Waals surface area (Å²) in [4.78, 5) is 17.9. The van der Waals surface area contributed by atoms with Gasteiger partial charge in [0, 0.05) is 30.2 Å². The fraction of sp³-hybridized carbons (Fsp3) is 0.231. The molecule has 0 bridgehead atoms. The predicted molar refractivity (Wildman–Crippen MR) is 63.7 cm³/mol. The number of hydrogen-bond donors (Lipinski definition) is 1. The minimum absolute atomic E-state index is 0.0268. The molecule has 17 heavy (non-hydrogen) atoms. The summed E-state index contributed by atoms with van der Waals surface area (Å²) in [5.41, 5.74) is 1.53. The summed E-state index contributed by atoms with van der Waals surface area (Å²) >= 11 is 0. The zero-order valence-electron chi connectivity index (χ0n) is 9.21. The summed E-state index contributed by atoms with van der Waals surface area (Å²) in [6.45, 7) is 0.869. The number of fused-ring (bicyclic) bond motifs is 1. The fourth-order valence-electron chi connectivity index (χ4n) is 2.01. The van der Waals surface area contributed by atoms with E-state index < -0.39 is 0 Å². The number of likely N-dealkylation sites (tertiary alicyclic amines) is 1. The third-order valence-corrected chi connectivity index (χ3v) is 3.00. The lowest BCUT2D eigenvalue weighted by Crippen LogP contribution is -2.53. The first kappa shape index (κ1) is 10.2. The number of rotatable bonds is 1. The van der Waals surface area contributed by atoms with Crippen LogP contribution in [0.1, 0.15) is 10.4 Å². The molecule has 86 valence electrons. The Balaban J connectivity index is 1.92. The Hall–Kier alpha value is -1.94. The van der Waals surface area contributed by atoms with Gasteiger partial charge < -0.3 is 10.0 Å². The Bertz CT molecular complexity index is 576. The van der Waals surface area contributed by atoms with Crippen LogP contribution in [0.4, 0.5) is 0 Å².